The van der Waals surface area contributed by atoms with Crippen molar-refractivity contribution in [3.63, 3.8) is 0 Å². The van der Waals surface area contributed by atoms with Gasteiger partial charge in [0.05, 0.1) is 23.6 Å². The third-order valence-electron chi connectivity index (χ3n) is 2.63. The summed E-state index contributed by atoms with van der Waals surface area (Å²) < 4.78 is 22.4. The van der Waals surface area contributed by atoms with Crippen molar-refractivity contribution in [3.05, 3.63) is 29.6 Å². The highest BCUT2D eigenvalue weighted by atomic mass is 32.2. The summed E-state index contributed by atoms with van der Waals surface area (Å²) in [6, 6.07) is 2.16. The molecule has 1 aromatic heterocycles. The van der Waals surface area contributed by atoms with Crippen molar-refractivity contribution < 1.29 is 23.1 Å². The van der Waals surface area contributed by atoms with E-state index in [-0.39, 0.29) is 30.2 Å². The fourth-order valence-corrected chi connectivity index (χ4v) is 2.11. The summed E-state index contributed by atoms with van der Waals surface area (Å²) in [5, 5.41) is 13.7. The highest BCUT2D eigenvalue weighted by molar-refractivity contribution is 7.91. The number of rotatable bonds is 7. The zero-order valence-electron chi connectivity index (χ0n) is 11.5. The number of carboxylic acid groups (broad SMARTS) is 1. The van der Waals surface area contributed by atoms with Crippen LogP contribution in [0.1, 0.15) is 23.0 Å². The number of amides is 2. The molecule has 0 saturated carbocycles. The van der Waals surface area contributed by atoms with Crippen molar-refractivity contribution >= 4 is 21.8 Å². The van der Waals surface area contributed by atoms with Crippen LogP contribution < -0.4 is 10.6 Å². The Morgan fingerprint density at radius 2 is 2.05 bits per heavy atom. The first kappa shape index (κ1) is 16.9. The largest absolute Gasteiger partial charge is 0.478 e. The van der Waals surface area contributed by atoms with Gasteiger partial charge in [0, 0.05) is 18.5 Å². The first-order valence-electron chi connectivity index (χ1n) is 6.24. The van der Waals surface area contributed by atoms with Crippen LogP contribution in [-0.4, -0.2) is 48.6 Å². The lowest BCUT2D eigenvalue weighted by Gasteiger charge is -2.07. The Kier molecular flexibility index (Phi) is 6.10. The SMILES string of the molecule is CCS(=O)(=O)CCNC(=O)NCc1cc(C(=O)O)ccn1. The van der Waals surface area contributed by atoms with Gasteiger partial charge in [0.25, 0.3) is 0 Å². The molecule has 1 heterocycles. The molecular formula is C12H17N3O5S. The minimum absolute atomic E-state index is 0.0185. The number of nitrogens with one attached hydrogen (secondary N) is 2. The van der Waals surface area contributed by atoms with Gasteiger partial charge in [0.1, 0.15) is 0 Å². The number of pyridine rings is 1. The number of hydrogen-bond donors (Lipinski definition) is 3. The first-order chi connectivity index (χ1) is 9.84. The molecule has 21 heavy (non-hydrogen) atoms. The molecule has 0 spiro atoms. The van der Waals surface area contributed by atoms with Gasteiger partial charge in [0.15, 0.2) is 9.84 Å². The van der Waals surface area contributed by atoms with Gasteiger partial charge in [-0.25, -0.2) is 18.0 Å². The van der Waals surface area contributed by atoms with Crippen molar-refractivity contribution in [2.24, 2.45) is 0 Å². The Labute approximate surface area is 122 Å². The van der Waals surface area contributed by atoms with Crippen molar-refractivity contribution in [1.82, 2.24) is 15.6 Å². The van der Waals surface area contributed by atoms with Gasteiger partial charge in [0.2, 0.25) is 0 Å². The van der Waals surface area contributed by atoms with E-state index in [4.69, 9.17) is 5.11 Å². The summed E-state index contributed by atoms with van der Waals surface area (Å²) in [5.41, 5.74) is 0.475. The number of aromatic nitrogens is 1. The molecule has 0 aliphatic carbocycles. The molecule has 0 radical (unpaired) electrons. The Balaban J connectivity index is 2.40. The fourth-order valence-electron chi connectivity index (χ4n) is 1.41. The predicted octanol–water partition coefficient (Wildman–Crippen LogP) is 0.0137. The molecule has 0 aliphatic rings. The number of carbonyl (C=O) groups is 2. The highest BCUT2D eigenvalue weighted by Gasteiger charge is 2.09. The summed E-state index contributed by atoms with van der Waals surface area (Å²) in [7, 11) is -3.12. The van der Waals surface area contributed by atoms with Crippen LogP contribution in [0.25, 0.3) is 0 Å². The maximum absolute atomic E-state index is 11.4. The van der Waals surface area contributed by atoms with Crippen LogP contribution in [0.5, 0.6) is 0 Å². The summed E-state index contributed by atoms with van der Waals surface area (Å²) in [6.07, 6.45) is 1.34. The number of carboxylic acids is 1. The second-order valence-corrected chi connectivity index (χ2v) is 6.66. The Bertz CT molecular complexity index is 615. The maximum Gasteiger partial charge on any atom is 0.335 e. The van der Waals surface area contributed by atoms with Crippen LogP contribution in [0, 0.1) is 0 Å². The van der Waals surface area contributed by atoms with Gasteiger partial charge < -0.3 is 15.7 Å². The zero-order chi connectivity index (χ0) is 15.9. The van der Waals surface area contributed by atoms with E-state index in [1.807, 2.05) is 0 Å². The fraction of sp³-hybridized carbons (Fsp3) is 0.417. The Morgan fingerprint density at radius 1 is 1.33 bits per heavy atom. The minimum atomic E-state index is -3.12. The summed E-state index contributed by atoms with van der Waals surface area (Å²) in [5.74, 6) is -1.17. The lowest BCUT2D eigenvalue weighted by atomic mass is 10.2. The van der Waals surface area contributed by atoms with Crippen LogP contribution in [0.4, 0.5) is 4.79 Å². The lowest BCUT2D eigenvalue weighted by molar-refractivity contribution is 0.0696. The second-order valence-electron chi connectivity index (χ2n) is 4.19. The van der Waals surface area contributed by atoms with Crippen molar-refractivity contribution in [3.8, 4) is 0 Å². The van der Waals surface area contributed by atoms with Gasteiger partial charge in [-0.1, -0.05) is 6.92 Å². The number of sulfone groups is 1. The van der Waals surface area contributed by atoms with Gasteiger partial charge in [-0.15, -0.1) is 0 Å². The van der Waals surface area contributed by atoms with E-state index < -0.39 is 21.8 Å². The number of urea groups is 1. The van der Waals surface area contributed by atoms with Gasteiger partial charge in [-0.2, -0.15) is 0 Å². The molecular weight excluding hydrogens is 298 g/mol. The first-order valence-corrected chi connectivity index (χ1v) is 8.06. The molecule has 0 saturated heterocycles. The Morgan fingerprint density at radius 3 is 2.67 bits per heavy atom. The summed E-state index contributed by atoms with van der Waals surface area (Å²) >= 11 is 0. The highest BCUT2D eigenvalue weighted by Crippen LogP contribution is 2.01. The molecule has 0 aromatic carbocycles. The van der Waals surface area contributed by atoms with Gasteiger partial charge >= 0.3 is 12.0 Å². The lowest BCUT2D eigenvalue weighted by Crippen LogP contribution is -2.38. The van der Waals surface area contributed by atoms with E-state index in [9.17, 15) is 18.0 Å². The van der Waals surface area contributed by atoms with Crippen LogP contribution in [-0.2, 0) is 16.4 Å². The molecule has 9 heteroatoms. The van der Waals surface area contributed by atoms with Gasteiger partial charge in [-0.05, 0) is 12.1 Å². The molecule has 0 bridgehead atoms. The zero-order valence-corrected chi connectivity index (χ0v) is 12.3. The molecule has 0 aliphatic heterocycles. The molecule has 0 atom stereocenters. The molecule has 3 N–H and O–H groups in total. The number of nitrogens with zero attached hydrogens (tertiary/aromatic N) is 1. The molecule has 1 rings (SSSR count). The quantitative estimate of drug-likeness (QED) is 0.651. The monoisotopic (exact) mass is 315 g/mol. The molecule has 0 unspecified atom stereocenters. The standard InChI is InChI=1S/C12H17N3O5S/c1-2-21(19,20)6-5-14-12(18)15-8-10-7-9(11(16)17)3-4-13-10/h3-4,7H,2,5-6,8H2,1H3,(H,16,17)(H2,14,15,18). The van der Waals surface area contributed by atoms with Crippen LogP contribution >= 0.6 is 0 Å². The third kappa shape index (κ3) is 6.21. The normalized spacial score (nSPS) is 10.9. The van der Waals surface area contributed by atoms with Crippen LogP contribution in [0.15, 0.2) is 18.3 Å². The van der Waals surface area contributed by atoms with E-state index in [2.05, 4.69) is 15.6 Å². The number of aromatic carboxylic acids is 1. The average molecular weight is 315 g/mol. The average Bonchev–Trinajstić information content (AvgIpc) is 2.45. The summed E-state index contributed by atoms with van der Waals surface area (Å²) in [6.45, 7) is 1.61. The van der Waals surface area contributed by atoms with E-state index >= 15 is 0 Å². The van der Waals surface area contributed by atoms with Gasteiger partial charge in [-0.3, -0.25) is 4.98 Å². The van der Waals surface area contributed by atoms with Crippen molar-refractivity contribution in [1.29, 1.82) is 0 Å². The minimum Gasteiger partial charge on any atom is -0.478 e. The topological polar surface area (TPSA) is 125 Å². The summed E-state index contributed by atoms with van der Waals surface area (Å²) in [4.78, 5) is 26.1. The number of hydrogen-bond acceptors (Lipinski definition) is 5. The van der Waals surface area contributed by atoms with Crippen molar-refractivity contribution in [2.75, 3.05) is 18.1 Å². The number of carbonyl (C=O) groups excluding carboxylic acids is 1. The van der Waals surface area contributed by atoms with Crippen molar-refractivity contribution in [2.45, 2.75) is 13.5 Å². The molecule has 1 aromatic rings. The smallest absolute Gasteiger partial charge is 0.335 e. The van der Waals surface area contributed by atoms with E-state index in [1.165, 1.54) is 25.3 Å². The van der Waals surface area contributed by atoms with Crippen LogP contribution in [0.3, 0.4) is 0 Å². The molecule has 0 fully saturated rings. The maximum atomic E-state index is 11.4. The predicted molar refractivity (Wildman–Crippen MR) is 75.8 cm³/mol. The second kappa shape index (κ2) is 7.58. The third-order valence-corrected chi connectivity index (χ3v) is 4.34. The van der Waals surface area contributed by atoms with E-state index in [0.717, 1.165) is 0 Å². The molecule has 116 valence electrons. The van der Waals surface area contributed by atoms with E-state index in [0.29, 0.717) is 5.69 Å². The Hall–Kier alpha value is -2.16. The van der Waals surface area contributed by atoms with E-state index in [1.54, 1.807) is 0 Å². The van der Waals surface area contributed by atoms with Crippen LogP contribution in [0.2, 0.25) is 0 Å². The molecule has 8 nitrogen and oxygen atoms in total. The molecule has 2 amide bonds.